The van der Waals surface area contributed by atoms with Crippen molar-refractivity contribution < 1.29 is 14.3 Å². The summed E-state index contributed by atoms with van der Waals surface area (Å²) in [5.41, 5.74) is 5.13. The predicted octanol–water partition coefficient (Wildman–Crippen LogP) is 4.96. The van der Waals surface area contributed by atoms with Crippen molar-refractivity contribution >= 4 is 28.3 Å². The van der Waals surface area contributed by atoms with Crippen molar-refractivity contribution in [2.45, 2.75) is 32.5 Å². The van der Waals surface area contributed by atoms with E-state index in [1.165, 1.54) is 11.1 Å². The maximum Gasteiger partial charge on any atom is 0.338 e. The minimum absolute atomic E-state index is 0.0364. The van der Waals surface area contributed by atoms with Crippen molar-refractivity contribution in [1.29, 1.82) is 0 Å². The molecule has 0 spiro atoms. The number of carbonyl (C=O) groups is 2. The third kappa shape index (κ3) is 5.96. The number of aromatic nitrogens is 3. The van der Waals surface area contributed by atoms with Crippen molar-refractivity contribution in [1.82, 2.24) is 20.1 Å². The molecule has 0 unspecified atom stereocenters. The highest BCUT2D eigenvalue weighted by Crippen LogP contribution is 2.26. The van der Waals surface area contributed by atoms with E-state index in [1.807, 2.05) is 47.3 Å². The summed E-state index contributed by atoms with van der Waals surface area (Å²) < 4.78 is 7.60. The van der Waals surface area contributed by atoms with E-state index in [0.717, 1.165) is 28.4 Å². The van der Waals surface area contributed by atoms with Crippen LogP contribution in [0, 0.1) is 6.92 Å². The van der Waals surface area contributed by atoms with Crippen LogP contribution in [0.5, 0.6) is 0 Å². The zero-order valence-electron chi connectivity index (χ0n) is 22.9. The molecule has 3 aromatic carbocycles. The number of pyridine rings is 1. The molecule has 0 aliphatic carbocycles. The average molecular weight is 546 g/mol. The lowest BCUT2D eigenvalue weighted by molar-refractivity contribution is 0.0462. The zero-order chi connectivity index (χ0) is 28.2. The molecule has 6 rings (SSSR count). The smallest absolute Gasteiger partial charge is 0.338 e. The highest BCUT2D eigenvalue weighted by atomic mass is 16.5. The summed E-state index contributed by atoms with van der Waals surface area (Å²) in [6, 6.07) is 25.4. The quantitative estimate of drug-likeness (QED) is 0.277. The number of hydrogen-bond acceptors (Lipinski definition) is 6. The molecule has 41 heavy (non-hydrogen) atoms. The lowest BCUT2D eigenvalue weighted by atomic mass is 10.1. The first-order chi connectivity index (χ1) is 20.0. The Labute approximate surface area is 238 Å². The summed E-state index contributed by atoms with van der Waals surface area (Å²) in [4.78, 5) is 32.8. The van der Waals surface area contributed by atoms with Crippen molar-refractivity contribution in [3.05, 3.63) is 125 Å². The lowest BCUT2D eigenvalue weighted by Crippen LogP contribution is -2.44. The number of benzene rings is 3. The van der Waals surface area contributed by atoms with Crippen LogP contribution in [-0.4, -0.2) is 45.8 Å². The molecule has 0 radical (unpaired) electrons. The standard InChI is InChI=1S/C33H31N5O3/c1-23-7-5-10-25(17-23)19-37-20-27(22-41-33(40)29-12-6-11-26-18-34-15-13-28(26)29)35-32(39)31-30(37)21-38(36-31)16-14-24-8-3-2-4-9-24/h2-13,15,17-18,21,27H,14,16,19-20,22H2,1H3,(H,35,39)/t27-/m1/s1. The number of ether oxygens (including phenoxy) is 1. The molecule has 5 aromatic rings. The zero-order valence-corrected chi connectivity index (χ0v) is 22.9. The van der Waals surface area contributed by atoms with Gasteiger partial charge >= 0.3 is 5.97 Å². The largest absolute Gasteiger partial charge is 0.460 e. The summed E-state index contributed by atoms with van der Waals surface area (Å²) in [6.07, 6.45) is 6.14. The van der Waals surface area contributed by atoms with Gasteiger partial charge < -0.3 is 15.0 Å². The van der Waals surface area contributed by atoms with Gasteiger partial charge in [0.25, 0.3) is 5.91 Å². The average Bonchev–Trinajstić information content (AvgIpc) is 3.38. The highest BCUT2D eigenvalue weighted by Gasteiger charge is 2.30. The van der Waals surface area contributed by atoms with Crippen molar-refractivity contribution in [2.75, 3.05) is 18.1 Å². The summed E-state index contributed by atoms with van der Waals surface area (Å²) in [5, 5.41) is 9.37. The van der Waals surface area contributed by atoms with Gasteiger partial charge in [0.1, 0.15) is 6.61 Å². The Hall–Kier alpha value is -4.98. The maximum atomic E-state index is 13.4. The van der Waals surface area contributed by atoms with Gasteiger partial charge in [0.05, 0.1) is 17.3 Å². The number of carbonyl (C=O) groups excluding carboxylic acids is 2. The van der Waals surface area contributed by atoms with Gasteiger partial charge in [0, 0.05) is 43.6 Å². The molecule has 0 saturated carbocycles. The van der Waals surface area contributed by atoms with Crippen LogP contribution in [0.1, 0.15) is 37.5 Å². The number of nitrogens with one attached hydrogen (secondary N) is 1. The van der Waals surface area contributed by atoms with E-state index in [-0.39, 0.29) is 12.5 Å². The van der Waals surface area contributed by atoms with Gasteiger partial charge in [0.2, 0.25) is 0 Å². The Kier molecular flexibility index (Phi) is 7.45. The lowest BCUT2D eigenvalue weighted by Gasteiger charge is -2.26. The van der Waals surface area contributed by atoms with E-state index < -0.39 is 12.0 Å². The molecule has 1 aliphatic rings. The number of anilines is 1. The number of amides is 1. The molecule has 0 fully saturated rings. The molecule has 1 aliphatic heterocycles. The molecule has 8 heteroatoms. The van der Waals surface area contributed by atoms with E-state index in [2.05, 4.69) is 57.6 Å². The SMILES string of the molecule is Cc1cccc(CN2C[C@H](COC(=O)c3cccc4cnccc34)NC(=O)c3nn(CCc4ccccc4)cc32)c1. The van der Waals surface area contributed by atoms with Crippen LogP contribution in [0.3, 0.4) is 0 Å². The predicted molar refractivity (Wildman–Crippen MR) is 158 cm³/mol. The Morgan fingerprint density at radius 3 is 2.71 bits per heavy atom. The summed E-state index contributed by atoms with van der Waals surface area (Å²) >= 11 is 0. The van der Waals surface area contributed by atoms with E-state index in [4.69, 9.17) is 4.74 Å². The van der Waals surface area contributed by atoms with Gasteiger partial charge in [-0.2, -0.15) is 5.10 Å². The van der Waals surface area contributed by atoms with Gasteiger partial charge in [-0.1, -0.05) is 72.3 Å². The van der Waals surface area contributed by atoms with Gasteiger partial charge in [0.15, 0.2) is 5.69 Å². The molecule has 206 valence electrons. The highest BCUT2D eigenvalue weighted by molar-refractivity contribution is 6.04. The Balaban J connectivity index is 1.22. The number of rotatable bonds is 8. The molecular weight excluding hydrogens is 514 g/mol. The van der Waals surface area contributed by atoms with Crippen LogP contribution in [0.2, 0.25) is 0 Å². The summed E-state index contributed by atoms with van der Waals surface area (Å²) in [7, 11) is 0. The number of hydrogen-bond donors (Lipinski definition) is 1. The minimum atomic E-state index is -0.436. The molecule has 3 heterocycles. The molecular formula is C33H31N5O3. The van der Waals surface area contributed by atoms with Crippen LogP contribution in [0.4, 0.5) is 5.69 Å². The molecule has 1 atom stereocenters. The molecule has 2 aromatic heterocycles. The fraction of sp³-hybridized carbons (Fsp3) is 0.212. The number of nitrogens with zero attached hydrogens (tertiary/aromatic N) is 4. The molecule has 0 saturated heterocycles. The molecule has 0 bridgehead atoms. The molecule has 8 nitrogen and oxygen atoms in total. The Morgan fingerprint density at radius 1 is 1.02 bits per heavy atom. The first-order valence-corrected chi connectivity index (χ1v) is 13.8. The topological polar surface area (TPSA) is 89.3 Å². The number of esters is 1. The van der Waals surface area contributed by atoms with E-state index in [9.17, 15) is 9.59 Å². The van der Waals surface area contributed by atoms with Gasteiger partial charge in [-0.3, -0.25) is 14.5 Å². The van der Waals surface area contributed by atoms with Crippen molar-refractivity contribution in [2.24, 2.45) is 0 Å². The molecule has 1 amide bonds. The first kappa shape index (κ1) is 26.3. The normalized spacial score (nSPS) is 14.8. The van der Waals surface area contributed by atoms with Crippen LogP contribution in [0.25, 0.3) is 10.8 Å². The maximum absolute atomic E-state index is 13.4. The van der Waals surface area contributed by atoms with Crippen LogP contribution in [0.15, 0.2) is 97.5 Å². The number of fused-ring (bicyclic) bond motifs is 2. The van der Waals surface area contributed by atoms with Crippen LogP contribution >= 0.6 is 0 Å². The van der Waals surface area contributed by atoms with Crippen molar-refractivity contribution in [3.63, 3.8) is 0 Å². The van der Waals surface area contributed by atoms with E-state index in [1.54, 1.807) is 24.5 Å². The van der Waals surface area contributed by atoms with Crippen molar-refractivity contribution in [3.8, 4) is 0 Å². The van der Waals surface area contributed by atoms with Gasteiger partial charge in [-0.25, -0.2) is 4.79 Å². The minimum Gasteiger partial charge on any atom is -0.460 e. The molecule has 1 N–H and O–H groups in total. The van der Waals surface area contributed by atoms with Crippen LogP contribution < -0.4 is 10.2 Å². The van der Waals surface area contributed by atoms with Crippen LogP contribution in [-0.2, 0) is 24.2 Å². The summed E-state index contributed by atoms with van der Waals surface area (Å²) in [6.45, 7) is 3.81. The van der Waals surface area contributed by atoms with E-state index in [0.29, 0.717) is 30.9 Å². The fourth-order valence-corrected chi connectivity index (χ4v) is 5.30. The summed E-state index contributed by atoms with van der Waals surface area (Å²) in [5.74, 6) is -0.711. The number of aryl methyl sites for hydroxylation is 3. The Morgan fingerprint density at radius 2 is 1.85 bits per heavy atom. The Bertz CT molecular complexity index is 1690. The second kappa shape index (κ2) is 11.6. The van der Waals surface area contributed by atoms with Gasteiger partial charge in [-0.05, 0) is 42.0 Å². The third-order valence-electron chi connectivity index (χ3n) is 7.32. The second-order valence-electron chi connectivity index (χ2n) is 10.4. The second-order valence-corrected chi connectivity index (χ2v) is 10.4. The van der Waals surface area contributed by atoms with Gasteiger partial charge in [-0.15, -0.1) is 0 Å². The van der Waals surface area contributed by atoms with E-state index >= 15 is 0 Å². The monoisotopic (exact) mass is 545 g/mol. The third-order valence-corrected chi connectivity index (χ3v) is 7.32. The first-order valence-electron chi connectivity index (χ1n) is 13.8. The fourth-order valence-electron chi connectivity index (χ4n) is 5.30.